The number of rotatable bonds is 6. The van der Waals surface area contributed by atoms with Crippen molar-refractivity contribution >= 4 is 29.1 Å². The monoisotopic (exact) mass is 530 g/mol. The second-order valence-corrected chi connectivity index (χ2v) is 9.10. The Balaban J connectivity index is 1.41. The van der Waals surface area contributed by atoms with Crippen molar-refractivity contribution in [2.24, 2.45) is 7.05 Å². The van der Waals surface area contributed by atoms with E-state index in [2.05, 4.69) is 15.4 Å². The normalized spacial score (nSPS) is 13.7. The number of aliphatic hydroxyl groups is 1. The summed E-state index contributed by atoms with van der Waals surface area (Å²) in [5.41, 5.74) is 1.56. The smallest absolute Gasteiger partial charge is 0.392 e. The average Bonchev–Trinajstić information content (AvgIpc) is 3.48. The van der Waals surface area contributed by atoms with Gasteiger partial charge in [-0.15, -0.1) is 0 Å². The van der Waals surface area contributed by atoms with E-state index in [0.717, 1.165) is 18.0 Å². The predicted octanol–water partition coefficient (Wildman–Crippen LogP) is 4.85. The molecular formula is C25H22ClF3N6O2. The SMILES string of the molecule is Cn1nccc1Nc1cc(-c2cc3n(c2)CCN(Cc2cc(C(F)(F)F)ccc2CO)C3=O)c(Cl)cn1. The van der Waals surface area contributed by atoms with Crippen LogP contribution in [0.25, 0.3) is 11.1 Å². The first-order chi connectivity index (χ1) is 17.6. The van der Waals surface area contributed by atoms with E-state index in [1.165, 1.54) is 17.2 Å². The molecule has 0 saturated carbocycles. The molecule has 0 saturated heterocycles. The highest BCUT2D eigenvalue weighted by atomic mass is 35.5. The summed E-state index contributed by atoms with van der Waals surface area (Å²) in [6, 6.07) is 8.45. The summed E-state index contributed by atoms with van der Waals surface area (Å²) in [6.07, 6.45) is 0.474. The summed E-state index contributed by atoms with van der Waals surface area (Å²) in [4.78, 5) is 19.1. The maximum atomic E-state index is 13.3. The minimum Gasteiger partial charge on any atom is -0.392 e. The van der Waals surface area contributed by atoms with Gasteiger partial charge in [-0.1, -0.05) is 17.7 Å². The van der Waals surface area contributed by atoms with Crippen LogP contribution in [0.15, 0.2) is 55.0 Å². The van der Waals surface area contributed by atoms with Crippen molar-refractivity contribution in [3.63, 3.8) is 0 Å². The molecule has 4 heterocycles. The van der Waals surface area contributed by atoms with E-state index in [0.29, 0.717) is 46.3 Å². The van der Waals surface area contributed by atoms with Crippen molar-refractivity contribution in [2.75, 3.05) is 11.9 Å². The van der Waals surface area contributed by atoms with Crippen molar-refractivity contribution in [1.82, 2.24) is 24.2 Å². The third-order valence-electron chi connectivity index (χ3n) is 6.32. The maximum absolute atomic E-state index is 13.3. The predicted molar refractivity (Wildman–Crippen MR) is 131 cm³/mol. The van der Waals surface area contributed by atoms with Crippen LogP contribution in [-0.4, -0.2) is 41.8 Å². The zero-order chi connectivity index (χ0) is 26.3. The van der Waals surface area contributed by atoms with Gasteiger partial charge in [0.2, 0.25) is 0 Å². The zero-order valence-corrected chi connectivity index (χ0v) is 20.4. The molecule has 12 heteroatoms. The van der Waals surface area contributed by atoms with E-state index in [9.17, 15) is 23.1 Å². The third-order valence-corrected chi connectivity index (χ3v) is 6.62. The van der Waals surface area contributed by atoms with Gasteiger partial charge in [0.25, 0.3) is 5.91 Å². The van der Waals surface area contributed by atoms with Gasteiger partial charge in [0.1, 0.15) is 17.3 Å². The Labute approximate surface area is 214 Å². The largest absolute Gasteiger partial charge is 0.416 e. The van der Waals surface area contributed by atoms with Crippen molar-refractivity contribution in [1.29, 1.82) is 0 Å². The minimum atomic E-state index is -4.52. The molecule has 4 aromatic rings. The number of nitrogens with zero attached hydrogens (tertiary/aromatic N) is 5. The summed E-state index contributed by atoms with van der Waals surface area (Å²) < 4.78 is 43.2. The molecule has 0 unspecified atom stereocenters. The number of carbonyl (C=O) groups is 1. The lowest BCUT2D eigenvalue weighted by molar-refractivity contribution is -0.137. The number of benzene rings is 1. The summed E-state index contributed by atoms with van der Waals surface area (Å²) in [6.45, 7) is 0.287. The molecule has 8 nitrogen and oxygen atoms in total. The van der Waals surface area contributed by atoms with Crippen LogP contribution in [0.3, 0.4) is 0 Å². The molecule has 0 aliphatic carbocycles. The number of aliphatic hydroxyl groups excluding tert-OH is 1. The number of aromatic nitrogens is 4. The number of fused-ring (bicyclic) bond motifs is 1. The topological polar surface area (TPSA) is 88.2 Å². The van der Waals surface area contributed by atoms with Crippen LogP contribution >= 0.6 is 11.6 Å². The number of pyridine rings is 1. The molecule has 0 fully saturated rings. The standard InChI is InChI=1S/C25H22ClF3N6O2/c1-33-23(4-5-31-33)32-22-10-19(20(26)11-30-22)17-9-21-24(37)35(7-6-34(21)13-17)12-16-8-18(25(27,28)29)3-2-15(16)14-36/h2-5,8-11,13,36H,6-7,12,14H2,1H3,(H,30,32). The van der Waals surface area contributed by atoms with Crippen LogP contribution in [0.1, 0.15) is 27.2 Å². The number of halogens is 4. The van der Waals surface area contributed by atoms with Crippen molar-refractivity contribution in [2.45, 2.75) is 25.9 Å². The van der Waals surface area contributed by atoms with Crippen LogP contribution < -0.4 is 5.32 Å². The number of amides is 1. The van der Waals surface area contributed by atoms with Gasteiger partial charge in [-0.2, -0.15) is 18.3 Å². The minimum absolute atomic E-state index is 0.0477. The van der Waals surface area contributed by atoms with Crippen LogP contribution in [0, 0.1) is 0 Å². The molecular weight excluding hydrogens is 509 g/mol. The Morgan fingerprint density at radius 1 is 1.14 bits per heavy atom. The number of aryl methyl sites for hydroxylation is 1. The summed E-state index contributed by atoms with van der Waals surface area (Å²) in [5.74, 6) is 0.957. The maximum Gasteiger partial charge on any atom is 0.416 e. The zero-order valence-electron chi connectivity index (χ0n) is 19.6. The van der Waals surface area contributed by atoms with E-state index < -0.39 is 18.3 Å². The Kier molecular flexibility index (Phi) is 6.42. The van der Waals surface area contributed by atoms with E-state index in [4.69, 9.17) is 11.6 Å². The lowest BCUT2D eigenvalue weighted by atomic mass is 10.0. The molecule has 37 heavy (non-hydrogen) atoms. The summed E-state index contributed by atoms with van der Waals surface area (Å²) in [5, 5.41) is 17.3. The molecule has 5 rings (SSSR count). The molecule has 1 aliphatic heterocycles. The fourth-order valence-corrected chi connectivity index (χ4v) is 4.54. The van der Waals surface area contributed by atoms with Crippen LogP contribution in [0.5, 0.6) is 0 Å². The van der Waals surface area contributed by atoms with E-state index in [1.807, 2.05) is 6.20 Å². The van der Waals surface area contributed by atoms with E-state index >= 15 is 0 Å². The van der Waals surface area contributed by atoms with E-state index in [-0.39, 0.29) is 18.0 Å². The second-order valence-electron chi connectivity index (χ2n) is 8.69. The van der Waals surface area contributed by atoms with Crippen molar-refractivity contribution < 1.29 is 23.1 Å². The molecule has 0 spiro atoms. The summed E-state index contributed by atoms with van der Waals surface area (Å²) >= 11 is 6.44. The molecule has 1 aromatic carbocycles. The molecule has 0 bridgehead atoms. The summed E-state index contributed by atoms with van der Waals surface area (Å²) in [7, 11) is 1.79. The molecule has 0 radical (unpaired) electrons. The quantitative estimate of drug-likeness (QED) is 0.372. The second kappa shape index (κ2) is 9.56. The molecule has 192 valence electrons. The number of hydrogen-bond donors (Lipinski definition) is 2. The number of nitrogens with one attached hydrogen (secondary N) is 1. The Hall–Kier alpha value is -3.83. The first-order valence-electron chi connectivity index (χ1n) is 11.3. The highest BCUT2D eigenvalue weighted by molar-refractivity contribution is 6.33. The van der Waals surface area contributed by atoms with Gasteiger partial charge in [-0.3, -0.25) is 9.48 Å². The van der Waals surface area contributed by atoms with Crippen LogP contribution in [-0.2, 0) is 32.9 Å². The van der Waals surface area contributed by atoms with Crippen molar-refractivity contribution in [3.8, 4) is 11.1 Å². The van der Waals surface area contributed by atoms with Gasteiger partial charge in [0, 0.05) is 56.3 Å². The number of carbonyl (C=O) groups excluding carboxylic acids is 1. The highest BCUT2D eigenvalue weighted by Crippen LogP contribution is 2.34. The number of hydrogen-bond acceptors (Lipinski definition) is 5. The Morgan fingerprint density at radius 3 is 2.65 bits per heavy atom. The number of alkyl halides is 3. The van der Waals surface area contributed by atoms with Gasteiger partial charge < -0.3 is 19.9 Å². The van der Waals surface area contributed by atoms with Gasteiger partial charge in [-0.25, -0.2) is 4.98 Å². The number of anilines is 2. The molecule has 3 aromatic heterocycles. The molecule has 1 amide bonds. The van der Waals surface area contributed by atoms with Gasteiger partial charge in [0.15, 0.2) is 0 Å². The van der Waals surface area contributed by atoms with Gasteiger partial charge in [-0.05, 0) is 35.4 Å². The van der Waals surface area contributed by atoms with Gasteiger partial charge in [0.05, 0.1) is 23.4 Å². The molecule has 2 N–H and O–H groups in total. The fraction of sp³-hybridized carbons (Fsp3) is 0.240. The Morgan fingerprint density at radius 2 is 1.95 bits per heavy atom. The first kappa shape index (κ1) is 24.8. The van der Waals surface area contributed by atoms with E-state index in [1.54, 1.807) is 40.7 Å². The fourth-order valence-electron chi connectivity index (χ4n) is 4.33. The first-order valence-corrected chi connectivity index (χ1v) is 11.7. The molecule has 1 aliphatic rings. The van der Waals surface area contributed by atoms with Crippen LogP contribution in [0.4, 0.5) is 24.8 Å². The molecule has 0 atom stereocenters. The Bertz CT molecular complexity index is 1480. The van der Waals surface area contributed by atoms with Gasteiger partial charge >= 0.3 is 6.18 Å². The third kappa shape index (κ3) is 4.92. The lowest BCUT2D eigenvalue weighted by Gasteiger charge is -2.29. The highest BCUT2D eigenvalue weighted by Gasteiger charge is 2.32. The lowest BCUT2D eigenvalue weighted by Crippen LogP contribution is -2.39. The van der Waals surface area contributed by atoms with Crippen LogP contribution in [0.2, 0.25) is 5.02 Å². The average molecular weight is 531 g/mol. The van der Waals surface area contributed by atoms with Crippen molar-refractivity contribution in [3.05, 3.63) is 82.4 Å².